The van der Waals surface area contributed by atoms with Crippen LogP contribution in [0.3, 0.4) is 0 Å². The Labute approximate surface area is 119 Å². The fraction of sp³-hybridized carbons (Fsp3) is 0.154. The van der Waals surface area contributed by atoms with E-state index in [0.717, 1.165) is 0 Å². The molecule has 0 atom stereocenters. The molecule has 8 nitrogen and oxygen atoms in total. The van der Waals surface area contributed by atoms with Crippen LogP contribution in [-0.2, 0) is 4.74 Å². The highest BCUT2D eigenvalue weighted by atomic mass is 16.5. The summed E-state index contributed by atoms with van der Waals surface area (Å²) in [5.74, 6) is -0.417. The van der Waals surface area contributed by atoms with Gasteiger partial charge in [-0.05, 0) is 25.1 Å². The molecule has 8 heteroatoms. The molecule has 1 heterocycles. The molecule has 0 amide bonds. The van der Waals surface area contributed by atoms with Gasteiger partial charge >= 0.3 is 5.97 Å². The SMILES string of the molecule is CCOC(=O)c1nc2ccc(NN=C(C#N)C#N)cc2[nH]1. The van der Waals surface area contributed by atoms with Gasteiger partial charge in [0.05, 0.1) is 23.3 Å². The number of nitrogens with zero attached hydrogens (tertiary/aromatic N) is 4. The molecule has 0 fully saturated rings. The number of imidazole rings is 1. The molecule has 0 radical (unpaired) electrons. The summed E-state index contributed by atoms with van der Waals surface area (Å²) in [6.07, 6.45) is 0. The lowest BCUT2D eigenvalue weighted by Crippen LogP contribution is -2.06. The number of rotatable bonds is 4. The maximum atomic E-state index is 11.6. The Hall–Kier alpha value is -3.39. The van der Waals surface area contributed by atoms with Crippen LogP contribution in [0.5, 0.6) is 0 Å². The van der Waals surface area contributed by atoms with E-state index < -0.39 is 5.97 Å². The molecular weight excluding hydrogens is 272 g/mol. The van der Waals surface area contributed by atoms with Crippen LogP contribution >= 0.6 is 0 Å². The van der Waals surface area contributed by atoms with Gasteiger partial charge in [0.25, 0.3) is 0 Å². The van der Waals surface area contributed by atoms with Crippen molar-refractivity contribution in [1.29, 1.82) is 10.5 Å². The Morgan fingerprint density at radius 3 is 2.90 bits per heavy atom. The first kappa shape index (κ1) is 14.0. The van der Waals surface area contributed by atoms with Gasteiger partial charge in [0.2, 0.25) is 11.5 Å². The van der Waals surface area contributed by atoms with Crippen molar-refractivity contribution in [3.8, 4) is 12.1 Å². The van der Waals surface area contributed by atoms with E-state index >= 15 is 0 Å². The Morgan fingerprint density at radius 1 is 1.48 bits per heavy atom. The average molecular weight is 282 g/mol. The van der Waals surface area contributed by atoms with Crippen molar-refractivity contribution in [3.63, 3.8) is 0 Å². The summed E-state index contributed by atoms with van der Waals surface area (Å²) in [5, 5.41) is 20.8. The topological polar surface area (TPSA) is 127 Å². The Bertz CT molecular complexity index is 777. The number of aromatic nitrogens is 2. The predicted octanol–water partition coefficient (Wildman–Crippen LogP) is 1.55. The summed E-state index contributed by atoms with van der Waals surface area (Å²) in [4.78, 5) is 18.5. The number of nitrogens with one attached hydrogen (secondary N) is 2. The van der Waals surface area contributed by atoms with Crippen LogP contribution in [0, 0.1) is 22.7 Å². The van der Waals surface area contributed by atoms with E-state index in [0.29, 0.717) is 16.7 Å². The Kier molecular flexibility index (Phi) is 4.12. The monoisotopic (exact) mass is 282 g/mol. The number of benzene rings is 1. The lowest BCUT2D eigenvalue weighted by Gasteiger charge is -1.98. The molecule has 0 unspecified atom stereocenters. The number of anilines is 1. The minimum Gasteiger partial charge on any atom is -0.460 e. The van der Waals surface area contributed by atoms with Crippen LogP contribution in [-0.4, -0.2) is 28.3 Å². The number of aromatic amines is 1. The maximum absolute atomic E-state index is 11.6. The molecule has 0 aliphatic rings. The summed E-state index contributed by atoms with van der Waals surface area (Å²) in [5.41, 5.74) is 4.04. The summed E-state index contributed by atoms with van der Waals surface area (Å²) in [6.45, 7) is 1.98. The second-order valence-corrected chi connectivity index (χ2v) is 3.83. The van der Waals surface area contributed by atoms with Crippen molar-refractivity contribution in [3.05, 3.63) is 24.0 Å². The minimum absolute atomic E-state index is 0.113. The molecule has 21 heavy (non-hydrogen) atoms. The molecule has 0 saturated carbocycles. The highest BCUT2D eigenvalue weighted by Gasteiger charge is 2.12. The number of carbonyl (C=O) groups excluding carboxylic acids is 1. The first-order valence-corrected chi connectivity index (χ1v) is 5.98. The number of nitriles is 2. The number of ether oxygens (including phenoxy) is 1. The van der Waals surface area contributed by atoms with Crippen molar-refractivity contribution < 1.29 is 9.53 Å². The van der Waals surface area contributed by atoms with E-state index in [4.69, 9.17) is 15.3 Å². The Morgan fingerprint density at radius 2 is 2.24 bits per heavy atom. The largest absolute Gasteiger partial charge is 0.460 e. The van der Waals surface area contributed by atoms with E-state index in [2.05, 4.69) is 20.5 Å². The molecule has 1 aromatic carbocycles. The van der Waals surface area contributed by atoms with Gasteiger partial charge in [-0.15, -0.1) is 0 Å². The van der Waals surface area contributed by atoms with Crippen LogP contribution in [0.4, 0.5) is 5.69 Å². The zero-order valence-electron chi connectivity index (χ0n) is 11.0. The van der Waals surface area contributed by atoms with Gasteiger partial charge < -0.3 is 9.72 Å². The minimum atomic E-state index is -0.530. The maximum Gasteiger partial charge on any atom is 0.374 e. The number of hydrazone groups is 1. The molecule has 0 saturated heterocycles. The first-order chi connectivity index (χ1) is 10.2. The zero-order chi connectivity index (χ0) is 15.2. The molecule has 0 bridgehead atoms. The van der Waals surface area contributed by atoms with Gasteiger partial charge in [-0.3, -0.25) is 5.43 Å². The van der Waals surface area contributed by atoms with Crippen LogP contribution in [0.25, 0.3) is 11.0 Å². The zero-order valence-corrected chi connectivity index (χ0v) is 11.0. The van der Waals surface area contributed by atoms with Crippen LogP contribution in [0.1, 0.15) is 17.5 Å². The molecule has 2 N–H and O–H groups in total. The molecule has 104 valence electrons. The number of fused-ring (bicyclic) bond motifs is 1. The van der Waals surface area contributed by atoms with Crippen molar-refractivity contribution >= 4 is 28.4 Å². The van der Waals surface area contributed by atoms with Crippen LogP contribution < -0.4 is 5.43 Å². The molecular formula is C13H10N6O2. The van der Waals surface area contributed by atoms with Gasteiger partial charge in [-0.1, -0.05) is 0 Å². The molecule has 2 rings (SSSR count). The number of H-pyrrole nitrogens is 1. The normalized spacial score (nSPS) is 9.48. The summed E-state index contributed by atoms with van der Waals surface area (Å²) >= 11 is 0. The third-order valence-electron chi connectivity index (χ3n) is 2.46. The first-order valence-electron chi connectivity index (χ1n) is 5.98. The smallest absolute Gasteiger partial charge is 0.374 e. The lowest BCUT2D eigenvalue weighted by atomic mass is 10.3. The molecule has 1 aromatic heterocycles. The van der Waals surface area contributed by atoms with Gasteiger partial charge in [0, 0.05) is 0 Å². The number of carbonyl (C=O) groups is 1. The highest BCUT2D eigenvalue weighted by Crippen LogP contribution is 2.17. The fourth-order valence-electron chi connectivity index (χ4n) is 1.57. The quantitative estimate of drug-likeness (QED) is 0.497. The molecule has 0 spiro atoms. The summed E-state index contributed by atoms with van der Waals surface area (Å²) in [6, 6.07) is 8.26. The van der Waals surface area contributed by atoms with Gasteiger partial charge in [-0.2, -0.15) is 15.6 Å². The van der Waals surface area contributed by atoms with Gasteiger partial charge in [-0.25, -0.2) is 9.78 Å². The third kappa shape index (κ3) is 3.14. The van der Waals surface area contributed by atoms with Crippen molar-refractivity contribution in [2.45, 2.75) is 6.92 Å². The predicted molar refractivity (Wildman–Crippen MR) is 74.3 cm³/mol. The van der Waals surface area contributed by atoms with E-state index in [9.17, 15) is 4.79 Å². The number of hydrogen-bond donors (Lipinski definition) is 2. The van der Waals surface area contributed by atoms with E-state index in [1.54, 1.807) is 37.3 Å². The van der Waals surface area contributed by atoms with E-state index in [-0.39, 0.29) is 18.1 Å². The standard InChI is InChI=1S/C13H10N6O2/c1-2-21-13(20)12-16-10-4-3-8(5-11(10)17-12)18-19-9(6-14)7-15/h3-5,18H,2H2,1H3,(H,16,17). The molecule has 2 aromatic rings. The molecule has 0 aliphatic carbocycles. The third-order valence-corrected chi connectivity index (χ3v) is 2.46. The number of hydrogen-bond acceptors (Lipinski definition) is 7. The highest BCUT2D eigenvalue weighted by molar-refractivity contribution is 6.10. The van der Waals surface area contributed by atoms with Gasteiger partial charge in [0.15, 0.2) is 0 Å². The summed E-state index contributed by atoms with van der Waals surface area (Å²) in [7, 11) is 0. The fourth-order valence-corrected chi connectivity index (χ4v) is 1.57. The van der Waals surface area contributed by atoms with Crippen molar-refractivity contribution in [2.24, 2.45) is 5.10 Å². The lowest BCUT2D eigenvalue weighted by molar-refractivity contribution is 0.0514. The molecule has 0 aliphatic heterocycles. The van der Waals surface area contributed by atoms with Crippen molar-refractivity contribution in [1.82, 2.24) is 9.97 Å². The second kappa shape index (κ2) is 6.17. The van der Waals surface area contributed by atoms with Crippen LogP contribution in [0.2, 0.25) is 0 Å². The van der Waals surface area contributed by atoms with Crippen molar-refractivity contribution in [2.75, 3.05) is 12.0 Å². The van der Waals surface area contributed by atoms with Crippen LogP contribution in [0.15, 0.2) is 23.3 Å². The average Bonchev–Trinajstić information content (AvgIpc) is 2.92. The summed E-state index contributed by atoms with van der Waals surface area (Å²) < 4.78 is 4.85. The number of esters is 1. The Balaban J connectivity index is 2.26. The van der Waals surface area contributed by atoms with Gasteiger partial charge in [0.1, 0.15) is 12.1 Å². The van der Waals surface area contributed by atoms with E-state index in [1.807, 2.05) is 0 Å². The second-order valence-electron chi connectivity index (χ2n) is 3.83. The van der Waals surface area contributed by atoms with E-state index in [1.165, 1.54) is 0 Å².